The van der Waals surface area contributed by atoms with Gasteiger partial charge in [-0.1, -0.05) is 13.8 Å². The molecule has 0 saturated heterocycles. The monoisotopic (exact) mass is 240 g/mol. The molecule has 1 rings (SSSR count). The molecule has 1 aliphatic carbocycles. The molecule has 0 atom stereocenters. The van der Waals surface area contributed by atoms with Crippen LogP contribution >= 0.6 is 0 Å². The highest BCUT2D eigenvalue weighted by molar-refractivity contribution is 5.80. The molecule has 0 aromatic carbocycles. The number of methoxy groups -OCH3 is 2. The van der Waals surface area contributed by atoms with E-state index in [2.05, 4.69) is 0 Å². The van der Waals surface area contributed by atoms with Gasteiger partial charge >= 0.3 is 5.97 Å². The van der Waals surface area contributed by atoms with Crippen LogP contribution in [0.1, 0.15) is 26.7 Å². The molecule has 0 bridgehead atoms. The van der Waals surface area contributed by atoms with Crippen molar-refractivity contribution in [2.75, 3.05) is 14.2 Å². The van der Waals surface area contributed by atoms with E-state index in [0.29, 0.717) is 17.9 Å². The van der Waals surface area contributed by atoms with Gasteiger partial charge in [0.1, 0.15) is 16.9 Å². The minimum absolute atomic E-state index is 0.0176. The predicted molar refractivity (Wildman–Crippen MR) is 64.3 cm³/mol. The van der Waals surface area contributed by atoms with E-state index >= 15 is 0 Å². The van der Waals surface area contributed by atoms with Crippen molar-refractivity contribution < 1.29 is 19.4 Å². The lowest BCUT2D eigenvalue weighted by Gasteiger charge is -2.32. The zero-order valence-electron chi connectivity index (χ0n) is 10.8. The Morgan fingerprint density at radius 3 is 2.00 bits per heavy atom. The van der Waals surface area contributed by atoms with Crippen molar-refractivity contribution in [1.82, 2.24) is 0 Å². The number of hydrogen-bond donors (Lipinski definition) is 1. The zero-order valence-corrected chi connectivity index (χ0v) is 10.8. The van der Waals surface area contributed by atoms with Gasteiger partial charge in [0.15, 0.2) is 0 Å². The highest BCUT2D eigenvalue weighted by atomic mass is 16.5. The summed E-state index contributed by atoms with van der Waals surface area (Å²) >= 11 is 0. The van der Waals surface area contributed by atoms with Gasteiger partial charge < -0.3 is 14.6 Å². The first-order valence-electron chi connectivity index (χ1n) is 5.81. The summed E-state index contributed by atoms with van der Waals surface area (Å²) in [5.74, 6) is 0.495. The topological polar surface area (TPSA) is 55.8 Å². The van der Waals surface area contributed by atoms with Gasteiger partial charge in [-0.25, -0.2) is 0 Å². The third-order valence-corrected chi connectivity index (χ3v) is 3.35. The molecular weight excluding hydrogens is 220 g/mol. The summed E-state index contributed by atoms with van der Waals surface area (Å²) < 4.78 is 10.6. The molecule has 0 unspecified atom stereocenters. The molecule has 1 N–H and O–H groups in total. The number of ether oxygens (including phenoxy) is 2. The standard InChI is InChI=1S/C13H20O4/c1-5-9-10(16-3)7-13(6-2,12(14)15)8-11(9)17-4/h7-9H,5-6H2,1-4H3,(H,14,15). The van der Waals surface area contributed by atoms with Crippen molar-refractivity contribution in [3.63, 3.8) is 0 Å². The van der Waals surface area contributed by atoms with Crippen molar-refractivity contribution in [3.8, 4) is 0 Å². The molecule has 0 radical (unpaired) electrons. The summed E-state index contributed by atoms with van der Waals surface area (Å²) in [6.07, 6.45) is 4.69. The lowest BCUT2D eigenvalue weighted by molar-refractivity contribution is -0.144. The highest BCUT2D eigenvalue weighted by Crippen LogP contribution is 2.40. The Balaban J connectivity index is 3.27. The molecular formula is C13H20O4. The maximum atomic E-state index is 11.4. The van der Waals surface area contributed by atoms with Gasteiger partial charge in [0.25, 0.3) is 0 Å². The minimum atomic E-state index is -1.01. The van der Waals surface area contributed by atoms with Crippen molar-refractivity contribution in [3.05, 3.63) is 23.7 Å². The zero-order chi connectivity index (χ0) is 13.1. The molecule has 0 saturated carbocycles. The number of hydrogen-bond acceptors (Lipinski definition) is 3. The maximum Gasteiger partial charge on any atom is 0.317 e. The summed E-state index contributed by atoms with van der Waals surface area (Å²) in [7, 11) is 3.13. The van der Waals surface area contributed by atoms with Gasteiger partial charge in [0.2, 0.25) is 0 Å². The third-order valence-electron chi connectivity index (χ3n) is 3.35. The van der Waals surface area contributed by atoms with E-state index < -0.39 is 11.4 Å². The normalized spacial score (nSPS) is 28.1. The smallest absolute Gasteiger partial charge is 0.317 e. The Bertz CT molecular complexity index is 332. The first-order valence-corrected chi connectivity index (χ1v) is 5.81. The fraction of sp³-hybridized carbons (Fsp3) is 0.615. The van der Waals surface area contributed by atoms with E-state index in [1.165, 1.54) is 0 Å². The first kappa shape index (κ1) is 13.6. The van der Waals surface area contributed by atoms with Crippen LogP contribution in [0.15, 0.2) is 23.7 Å². The molecule has 0 aliphatic heterocycles. The average molecular weight is 240 g/mol. The fourth-order valence-electron chi connectivity index (χ4n) is 2.17. The lowest BCUT2D eigenvalue weighted by Crippen LogP contribution is -2.32. The quantitative estimate of drug-likeness (QED) is 0.802. The third kappa shape index (κ3) is 2.30. The number of aliphatic carboxylic acids is 1. The lowest BCUT2D eigenvalue weighted by atomic mass is 9.77. The molecule has 96 valence electrons. The van der Waals surface area contributed by atoms with E-state index in [1.54, 1.807) is 26.4 Å². The van der Waals surface area contributed by atoms with Gasteiger partial charge in [-0.2, -0.15) is 0 Å². The molecule has 0 fully saturated rings. The molecule has 0 aromatic rings. The average Bonchev–Trinajstić information content (AvgIpc) is 2.36. The van der Waals surface area contributed by atoms with E-state index in [4.69, 9.17) is 9.47 Å². The van der Waals surface area contributed by atoms with Crippen LogP contribution in [0.5, 0.6) is 0 Å². The molecule has 4 heteroatoms. The fourth-order valence-corrected chi connectivity index (χ4v) is 2.17. The Morgan fingerprint density at radius 1 is 1.29 bits per heavy atom. The SMILES string of the molecule is CCC1C(OC)=CC(CC)(C(=O)O)C=C1OC. The van der Waals surface area contributed by atoms with Gasteiger partial charge in [-0.05, 0) is 25.0 Å². The van der Waals surface area contributed by atoms with Crippen LogP contribution in [0.25, 0.3) is 0 Å². The Kier molecular flexibility index (Phi) is 4.21. The second kappa shape index (κ2) is 5.25. The van der Waals surface area contributed by atoms with Gasteiger partial charge in [0, 0.05) is 0 Å². The molecule has 1 aliphatic rings. The van der Waals surface area contributed by atoms with Crippen LogP contribution in [-0.2, 0) is 14.3 Å². The number of carboxylic acid groups (broad SMARTS) is 1. The summed E-state index contributed by atoms with van der Waals surface area (Å²) in [5, 5.41) is 9.37. The maximum absolute atomic E-state index is 11.4. The second-order valence-corrected chi connectivity index (χ2v) is 4.16. The summed E-state index contributed by atoms with van der Waals surface area (Å²) in [6.45, 7) is 3.86. The number of carboxylic acids is 1. The van der Waals surface area contributed by atoms with E-state index in [1.807, 2.05) is 13.8 Å². The van der Waals surface area contributed by atoms with Crippen LogP contribution in [0, 0.1) is 11.3 Å². The number of carbonyl (C=O) groups is 1. The van der Waals surface area contributed by atoms with Crippen molar-refractivity contribution in [2.45, 2.75) is 26.7 Å². The molecule has 0 amide bonds. The van der Waals surface area contributed by atoms with Crippen LogP contribution in [-0.4, -0.2) is 25.3 Å². The van der Waals surface area contributed by atoms with Gasteiger partial charge in [0.05, 0.1) is 20.1 Å². The van der Waals surface area contributed by atoms with Gasteiger partial charge in [-0.15, -0.1) is 0 Å². The van der Waals surface area contributed by atoms with E-state index in [9.17, 15) is 9.90 Å². The van der Waals surface area contributed by atoms with Crippen molar-refractivity contribution >= 4 is 5.97 Å². The van der Waals surface area contributed by atoms with Crippen molar-refractivity contribution in [2.24, 2.45) is 11.3 Å². The summed E-state index contributed by atoms with van der Waals surface area (Å²) in [5.41, 5.74) is -1.01. The van der Waals surface area contributed by atoms with Crippen molar-refractivity contribution in [1.29, 1.82) is 0 Å². The Hall–Kier alpha value is -1.45. The molecule has 0 aromatic heterocycles. The molecule has 17 heavy (non-hydrogen) atoms. The summed E-state index contributed by atoms with van der Waals surface area (Å²) in [6, 6.07) is 0. The molecule has 4 nitrogen and oxygen atoms in total. The molecule has 0 heterocycles. The number of rotatable bonds is 5. The first-order chi connectivity index (χ1) is 8.04. The largest absolute Gasteiger partial charge is 0.501 e. The highest BCUT2D eigenvalue weighted by Gasteiger charge is 2.40. The minimum Gasteiger partial charge on any atom is -0.501 e. The predicted octanol–water partition coefficient (Wildman–Crippen LogP) is 2.57. The van der Waals surface area contributed by atoms with Crippen LogP contribution < -0.4 is 0 Å². The van der Waals surface area contributed by atoms with Gasteiger partial charge in [-0.3, -0.25) is 4.79 Å². The Morgan fingerprint density at radius 2 is 1.76 bits per heavy atom. The van der Waals surface area contributed by atoms with Crippen LogP contribution in [0.3, 0.4) is 0 Å². The van der Waals surface area contributed by atoms with E-state index in [-0.39, 0.29) is 5.92 Å². The summed E-state index contributed by atoms with van der Waals surface area (Å²) in [4.78, 5) is 11.4. The molecule has 0 spiro atoms. The van der Waals surface area contributed by atoms with Crippen LogP contribution in [0.4, 0.5) is 0 Å². The Labute approximate surface area is 102 Å². The second-order valence-electron chi connectivity index (χ2n) is 4.16. The van der Waals surface area contributed by atoms with Crippen LogP contribution in [0.2, 0.25) is 0 Å². The van der Waals surface area contributed by atoms with E-state index in [0.717, 1.165) is 6.42 Å².